The average Bonchev–Trinajstić information content (AvgIpc) is 2.53. The molecule has 2 N–H and O–H groups in total. The Morgan fingerprint density at radius 2 is 1.83 bits per heavy atom. The van der Waals surface area contributed by atoms with Crippen molar-refractivity contribution in [2.75, 3.05) is 0 Å². The van der Waals surface area contributed by atoms with Crippen molar-refractivity contribution in [3.05, 3.63) is 75.6 Å². The van der Waals surface area contributed by atoms with Crippen LogP contribution in [0, 0.1) is 19.7 Å². The summed E-state index contributed by atoms with van der Waals surface area (Å²) in [6, 6.07) is 9.50. The lowest BCUT2D eigenvalue weighted by Crippen LogP contribution is -2.41. The lowest BCUT2D eigenvalue weighted by molar-refractivity contribution is -0.117. The molecule has 2 amide bonds. The number of amides is 2. The predicted molar refractivity (Wildman–Crippen MR) is 92.0 cm³/mol. The lowest BCUT2D eigenvalue weighted by Gasteiger charge is -2.08. The highest BCUT2D eigenvalue weighted by atomic mass is 35.5. The molecule has 4 nitrogen and oxygen atoms in total. The molecule has 0 aromatic heterocycles. The minimum Gasteiger partial charge on any atom is -0.268 e. The molecular formula is C18H16ClFN2O2. The summed E-state index contributed by atoms with van der Waals surface area (Å²) in [4.78, 5) is 23.8. The van der Waals surface area contributed by atoms with Crippen molar-refractivity contribution in [2.24, 2.45) is 0 Å². The van der Waals surface area contributed by atoms with Crippen molar-refractivity contribution in [3.63, 3.8) is 0 Å². The van der Waals surface area contributed by atoms with Crippen LogP contribution in [0.1, 0.15) is 27.0 Å². The summed E-state index contributed by atoms with van der Waals surface area (Å²) in [7, 11) is 0. The van der Waals surface area contributed by atoms with Crippen LogP contribution in [0.4, 0.5) is 4.39 Å². The van der Waals surface area contributed by atoms with E-state index < -0.39 is 17.6 Å². The topological polar surface area (TPSA) is 58.2 Å². The van der Waals surface area contributed by atoms with Gasteiger partial charge in [-0.1, -0.05) is 35.4 Å². The molecule has 0 fully saturated rings. The van der Waals surface area contributed by atoms with Crippen molar-refractivity contribution in [3.8, 4) is 0 Å². The van der Waals surface area contributed by atoms with Gasteiger partial charge in [-0.05, 0) is 49.2 Å². The lowest BCUT2D eigenvalue weighted by atomic mass is 10.1. The fraction of sp³-hybridized carbons (Fsp3) is 0.111. The van der Waals surface area contributed by atoms with Crippen molar-refractivity contribution in [1.29, 1.82) is 0 Å². The Morgan fingerprint density at radius 3 is 2.50 bits per heavy atom. The van der Waals surface area contributed by atoms with Crippen LogP contribution in [-0.2, 0) is 4.79 Å². The molecule has 0 unspecified atom stereocenters. The Labute approximate surface area is 144 Å². The van der Waals surface area contributed by atoms with E-state index in [2.05, 4.69) is 10.9 Å². The van der Waals surface area contributed by atoms with Crippen LogP contribution in [0.25, 0.3) is 6.08 Å². The number of carbonyl (C=O) groups is 2. The van der Waals surface area contributed by atoms with E-state index in [1.54, 1.807) is 6.07 Å². The fourth-order valence-electron chi connectivity index (χ4n) is 2.08. The maximum Gasteiger partial charge on any atom is 0.269 e. The molecule has 24 heavy (non-hydrogen) atoms. The summed E-state index contributed by atoms with van der Waals surface area (Å²) in [6.45, 7) is 3.75. The van der Waals surface area contributed by atoms with Gasteiger partial charge in [-0.3, -0.25) is 20.4 Å². The number of hydrogen-bond donors (Lipinski definition) is 2. The molecule has 2 rings (SSSR count). The van der Waals surface area contributed by atoms with Crippen LogP contribution in [0.2, 0.25) is 5.02 Å². The highest BCUT2D eigenvalue weighted by Crippen LogP contribution is 2.16. The van der Waals surface area contributed by atoms with Crippen molar-refractivity contribution < 1.29 is 14.0 Å². The Balaban J connectivity index is 1.93. The quantitative estimate of drug-likeness (QED) is 0.659. The minimum atomic E-state index is -0.529. The number of rotatable bonds is 3. The highest BCUT2D eigenvalue weighted by Gasteiger charge is 2.09. The molecule has 0 saturated carbocycles. The molecule has 0 aliphatic carbocycles. The Kier molecular flexibility index (Phi) is 5.71. The Bertz CT molecular complexity index is 819. The first kappa shape index (κ1) is 17.7. The van der Waals surface area contributed by atoms with E-state index >= 15 is 0 Å². The molecule has 0 heterocycles. The number of halogens is 2. The first-order chi connectivity index (χ1) is 11.4. The molecule has 2 aromatic carbocycles. The van der Waals surface area contributed by atoms with Crippen LogP contribution >= 0.6 is 11.6 Å². The van der Waals surface area contributed by atoms with Gasteiger partial charge in [0.25, 0.3) is 11.8 Å². The summed E-state index contributed by atoms with van der Waals surface area (Å²) >= 11 is 5.66. The van der Waals surface area contributed by atoms with Gasteiger partial charge < -0.3 is 0 Å². The maximum absolute atomic E-state index is 13.0. The Hall–Kier alpha value is -2.66. The number of hydrogen-bond acceptors (Lipinski definition) is 2. The standard InChI is InChI=1S/C18H16ClFN2O2/c1-11-3-6-14(12(2)9-11)18(24)22-21-17(23)8-5-13-4-7-16(20)15(19)10-13/h3-10H,1-2H3,(H,21,23)(H,22,24)/b8-5+. The predicted octanol–water partition coefficient (Wildman–Crippen LogP) is 3.57. The summed E-state index contributed by atoms with van der Waals surface area (Å²) in [5.41, 5.74) is 7.54. The van der Waals surface area contributed by atoms with Crippen LogP contribution in [0.15, 0.2) is 42.5 Å². The zero-order chi connectivity index (χ0) is 17.7. The van der Waals surface area contributed by atoms with Gasteiger partial charge in [0.05, 0.1) is 5.02 Å². The summed E-state index contributed by atoms with van der Waals surface area (Å²) in [5, 5.41) is -0.0271. The van der Waals surface area contributed by atoms with Gasteiger partial charge in [-0.2, -0.15) is 0 Å². The smallest absolute Gasteiger partial charge is 0.268 e. The maximum atomic E-state index is 13.0. The summed E-state index contributed by atoms with van der Waals surface area (Å²) in [5.74, 6) is -1.45. The highest BCUT2D eigenvalue weighted by molar-refractivity contribution is 6.30. The molecule has 0 aliphatic rings. The van der Waals surface area contributed by atoms with E-state index in [1.807, 2.05) is 26.0 Å². The zero-order valence-electron chi connectivity index (χ0n) is 13.2. The van der Waals surface area contributed by atoms with E-state index in [1.165, 1.54) is 30.4 Å². The van der Waals surface area contributed by atoms with Gasteiger partial charge in [-0.15, -0.1) is 0 Å². The number of benzene rings is 2. The molecular weight excluding hydrogens is 331 g/mol. The molecule has 6 heteroatoms. The third kappa shape index (κ3) is 4.67. The second-order valence-electron chi connectivity index (χ2n) is 5.27. The van der Waals surface area contributed by atoms with Gasteiger partial charge in [0.15, 0.2) is 0 Å². The normalized spacial score (nSPS) is 10.7. The monoisotopic (exact) mass is 346 g/mol. The van der Waals surface area contributed by atoms with Crippen LogP contribution < -0.4 is 10.9 Å². The van der Waals surface area contributed by atoms with Gasteiger partial charge in [-0.25, -0.2) is 4.39 Å². The third-order valence-corrected chi connectivity index (χ3v) is 3.59. The molecule has 2 aromatic rings. The van der Waals surface area contributed by atoms with Crippen LogP contribution in [0.3, 0.4) is 0 Å². The van der Waals surface area contributed by atoms with Gasteiger partial charge in [0.2, 0.25) is 0 Å². The third-order valence-electron chi connectivity index (χ3n) is 3.30. The molecule has 0 atom stereocenters. The molecule has 0 bridgehead atoms. The number of hydrazine groups is 1. The van der Waals surface area contributed by atoms with E-state index in [0.29, 0.717) is 11.1 Å². The Morgan fingerprint density at radius 1 is 1.08 bits per heavy atom. The average molecular weight is 347 g/mol. The summed E-state index contributed by atoms with van der Waals surface area (Å²) < 4.78 is 13.0. The van der Waals surface area contributed by atoms with Gasteiger partial charge in [0, 0.05) is 11.6 Å². The van der Waals surface area contributed by atoms with Crippen molar-refractivity contribution in [2.45, 2.75) is 13.8 Å². The van der Waals surface area contributed by atoms with E-state index in [0.717, 1.165) is 11.1 Å². The molecule has 0 saturated heterocycles. The number of aryl methyl sites for hydroxylation is 2. The fourth-order valence-corrected chi connectivity index (χ4v) is 2.27. The zero-order valence-corrected chi connectivity index (χ0v) is 13.9. The molecule has 0 aliphatic heterocycles. The largest absolute Gasteiger partial charge is 0.269 e. The second-order valence-corrected chi connectivity index (χ2v) is 5.68. The van der Waals surface area contributed by atoms with Crippen LogP contribution in [0.5, 0.6) is 0 Å². The van der Waals surface area contributed by atoms with Crippen molar-refractivity contribution >= 4 is 29.5 Å². The second kappa shape index (κ2) is 7.75. The number of carbonyl (C=O) groups excluding carboxylic acids is 2. The molecule has 124 valence electrons. The van der Waals surface area contributed by atoms with E-state index in [4.69, 9.17) is 11.6 Å². The first-order valence-corrected chi connectivity index (χ1v) is 7.55. The van der Waals surface area contributed by atoms with Gasteiger partial charge >= 0.3 is 0 Å². The SMILES string of the molecule is Cc1ccc(C(=O)NNC(=O)/C=C/c2ccc(F)c(Cl)c2)c(C)c1. The van der Waals surface area contributed by atoms with Gasteiger partial charge in [0.1, 0.15) is 5.82 Å². The van der Waals surface area contributed by atoms with E-state index in [9.17, 15) is 14.0 Å². The summed E-state index contributed by atoms with van der Waals surface area (Å²) in [6.07, 6.45) is 2.68. The van der Waals surface area contributed by atoms with E-state index in [-0.39, 0.29) is 5.02 Å². The molecule has 0 radical (unpaired) electrons. The van der Waals surface area contributed by atoms with Crippen LogP contribution in [-0.4, -0.2) is 11.8 Å². The minimum absolute atomic E-state index is 0.0271. The first-order valence-electron chi connectivity index (χ1n) is 7.17. The molecule has 0 spiro atoms. The van der Waals surface area contributed by atoms with Crippen molar-refractivity contribution in [1.82, 2.24) is 10.9 Å². The number of nitrogens with one attached hydrogen (secondary N) is 2.